The minimum atomic E-state index is -2.80. The summed E-state index contributed by atoms with van der Waals surface area (Å²) in [4.78, 5) is 0. The largest absolute Gasteiger partial charge is 0.580 e. The zero-order valence-corrected chi connectivity index (χ0v) is 12.1. The maximum atomic E-state index is 9.90. The van der Waals surface area contributed by atoms with Crippen molar-refractivity contribution in [1.82, 2.24) is 0 Å². The molecule has 2 aliphatic rings. The molecule has 0 radical (unpaired) electrons. The predicted molar refractivity (Wildman–Crippen MR) is 82.2 cm³/mol. The number of aromatic hydroxyl groups is 2. The van der Waals surface area contributed by atoms with Crippen LogP contribution in [-0.2, 0) is 0 Å². The van der Waals surface area contributed by atoms with Crippen LogP contribution in [-0.4, -0.2) is 10.2 Å². The summed E-state index contributed by atoms with van der Waals surface area (Å²) in [6, 6.07) is 15.2. The Labute approximate surface area is 125 Å². The summed E-state index contributed by atoms with van der Waals surface area (Å²) in [7, 11) is -2.80. The molecule has 22 heavy (non-hydrogen) atoms. The van der Waals surface area contributed by atoms with Gasteiger partial charge in [0.1, 0.15) is 0 Å². The Morgan fingerprint density at radius 2 is 1.55 bits per heavy atom. The van der Waals surface area contributed by atoms with E-state index in [9.17, 15) is 10.2 Å². The quantitative estimate of drug-likeness (QED) is 0.531. The lowest BCUT2D eigenvalue weighted by atomic mass is 10.1. The van der Waals surface area contributed by atoms with Gasteiger partial charge in [-0.25, -0.2) is 0 Å². The van der Waals surface area contributed by atoms with Crippen LogP contribution >= 0.6 is 7.94 Å². The van der Waals surface area contributed by atoms with Crippen LogP contribution in [0.3, 0.4) is 0 Å². The minimum absolute atomic E-state index is 0.155. The molecule has 2 bridgehead atoms. The van der Waals surface area contributed by atoms with Gasteiger partial charge in [0.15, 0.2) is 5.75 Å². The molecule has 0 amide bonds. The number of benzene rings is 3. The average Bonchev–Trinajstić information content (AvgIpc) is 3.10. The summed E-state index contributed by atoms with van der Waals surface area (Å²) < 4.78 is 17.5. The summed E-state index contributed by atoms with van der Waals surface area (Å²) in [6.07, 6.45) is 0. The Hall–Kier alpha value is -2.65. The van der Waals surface area contributed by atoms with E-state index >= 15 is 0 Å². The fourth-order valence-electron chi connectivity index (χ4n) is 2.76. The highest BCUT2D eigenvalue weighted by Gasteiger charge is 2.67. The minimum Gasteiger partial charge on any atom is -0.504 e. The molecular weight excluding hydrogens is 303 g/mol. The van der Waals surface area contributed by atoms with Gasteiger partial charge in [-0.1, -0.05) is 30.3 Å². The maximum Gasteiger partial charge on any atom is 0.580 e. The molecule has 3 aromatic carbocycles. The van der Waals surface area contributed by atoms with Gasteiger partial charge < -0.3 is 10.2 Å². The van der Waals surface area contributed by atoms with Gasteiger partial charge in [0.25, 0.3) is 11.5 Å². The van der Waals surface area contributed by atoms with Crippen molar-refractivity contribution in [2.45, 2.75) is 0 Å². The van der Waals surface area contributed by atoms with Crippen LogP contribution in [0, 0.1) is 0 Å². The van der Waals surface area contributed by atoms with Gasteiger partial charge in [-0.05, 0) is 22.9 Å². The molecule has 2 aliphatic heterocycles. The van der Waals surface area contributed by atoms with Crippen LogP contribution < -0.4 is 18.9 Å². The smallest absolute Gasteiger partial charge is 0.504 e. The molecule has 1 unspecified atom stereocenters. The van der Waals surface area contributed by atoms with E-state index in [-0.39, 0.29) is 17.2 Å². The fourth-order valence-corrected chi connectivity index (χ4v) is 4.96. The molecule has 5 nitrogen and oxygen atoms in total. The molecule has 0 aliphatic carbocycles. The zero-order chi connectivity index (χ0) is 14.9. The van der Waals surface area contributed by atoms with Crippen LogP contribution in [0.4, 0.5) is 0 Å². The van der Waals surface area contributed by atoms with Crippen molar-refractivity contribution in [2.24, 2.45) is 0 Å². The monoisotopic (exact) mass is 313 g/mol. The van der Waals surface area contributed by atoms with Gasteiger partial charge in [0, 0.05) is 6.07 Å². The van der Waals surface area contributed by atoms with Gasteiger partial charge in [-0.15, -0.1) is 0 Å². The molecule has 0 fully saturated rings. The molecule has 6 heteroatoms. The normalized spacial score (nSPS) is 20.5. The Morgan fingerprint density at radius 3 is 2.41 bits per heavy atom. The summed E-state index contributed by atoms with van der Waals surface area (Å²) in [6.45, 7) is 0. The van der Waals surface area contributed by atoms with E-state index in [1.54, 1.807) is 0 Å². The zero-order valence-electron chi connectivity index (χ0n) is 11.2. The maximum absolute atomic E-state index is 9.90. The van der Waals surface area contributed by atoms with Crippen LogP contribution in [0.15, 0.2) is 48.5 Å². The third-order valence-electron chi connectivity index (χ3n) is 3.85. The molecule has 5 rings (SSSR count). The third kappa shape index (κ3) is 1.36. The summed E-state index contributed by atoms with van der Waals surface area (Å²) in [5.74, 6) is 0.317. The lowest BCUT2D eigenvalue weighted by Gasteiger charge is -2.14. The second kappa shape index (κ2) is 3.76. The number of hydrogen-bond donors (Lipinski definition) is 2. The number of fused-ring (bicyclic) bond motifs is 2. The van der Waals surface area contributed by atoms with E-state index in [0.717, 1.165) is 16.1 Å². The van der Waals surface area contributed by atoms with E-state index in [0.29, 0.717) is 11.5 Å². The second-order valence-corrected chi connectivity index (χ2v) is 7.26. The van der Waals surface area contributed by atoms with Crippen LogP contribution in [0.25, 0.3) is 10.8 Å². The lowest BCUT2D eigenvalue weighted by Crippen LogP contribution is -2.20. The van der Waals surface area contributed by atoms with Gasteiger partial charge in [-0.3, -0.25) is 13.6 Å². The lowest BCUT2D eigenvalue weighted by molar-refractivity contribution is 0.372. The first-order chi connectivity index (χ1) is 10.7. The van der Waals surface area contributed by atoms with Crippen molar-refractivity contribution in [3.8, 4) is 28.7 Å². The van der Waals surface area contributed by atoms with Crippen LogP contribution in [0.1, 0.15) is 0 Å². The van der Waals surface area contributed by atoms with E-state index < -0.39 is 7.94 Å². The standard InChI is InChI=1S/C16H9O5P/c17-12-8-13-15-16(14(12)18)21-22(19-13,20-15)11-6-5-9-3-1-2-4-10(9)7-11/h1-8H,(H-,17,18)/p+1. The first-order valence-electron chi connectivity index (χ1n) is 6.72. The van der Waals surface area contributed by atoms with Crippen molar-refractivity contribution in [2.75, 3.05) is 0 Å². The summed E-state index contributed by atoms with van der Waals surface area (Å²) >= 11 is 0. The second-order valence-electron chi connectivity index (χ2n) is 5.20. The van der Waals surface area contributed by atoms with Gasteiger partial charge >= 0.3 is 7.94 Å². The van der Waals surface area contributed by atoms with Gasteiger partial charge in [-0.2, -0.15) is 0 Å². The molecular formula is C16H10O5P+. The number of phenolic OH excluding ortho intramolecular Hbond substituents is 2. The molecule has 1 atom stereocenters. The van der Waals surface area contributed by atoms with E-state index in [1.807, 2.05) is 42.5 Å². The highest BCUT2D eigenvalue weighted by Crippen LogP contribution is 2.77. The van der Waals surface area contributed by atoms with Crippen molar-refractivity contribution >= 4 is 24.0 Å². The highest BCUT2D eigenvalue weighted by molar-refractivity contribution is 7.71. The number of rotatable bonds is 1. The van der Waals surface area contributed by atoms with E-state index in [2.05, 4.69) is 0 Å². The predicted octanol–water partition coefficient (Wildman–Crippen LogP) is 3.50. The van der Waals surface area contributed by atoms with Gasteiger partial charge in [0.2, 0.25) is 16.8 Å². The highest BCUT2D eigenvalue weighted by atomic mass is 31.2. The van der Waals surface area contributed by atoms with Crippen molar-refractivity contribution < 1.29 is 23.8 Å². The SMILES string of the molecule is Oc1cc2c3c(c1O)O[P+](c1ccc4ccccc4c1)(O2)O3. The molecule has 0 spiro atoms. The molecule has 3 aromatic rings. The molecule has 2 N–H and O–H groups in total. The first kappa shape index (κ1) is 12.0. The van der Waals surface area contributed by atoms with E-state index in [1.165, 1.54) is 6.07 Å². The molecule has 0 aromatic heterocycles. The van der Waals surface area contributed by atoms with Crippen molar-refractivity contribution in [3.05, 3.63) is 48.5 Å². The topological polar surface area (TPSA) is 68.2 Å². The Morgan fingerprint density at radius 1 is 0.773 bits per heavy atom. The van der Waals surface area contributed by atoms with Crippen molar-refractivity contribution in [3.63, 3.8) is 0 Å². The fraction of sp³-hybridized carbons (Fsp3) is 0. The summed E-state index contributed by atoms with van der Waals surface area (Å²) in [5.41, 5.74) is 0. The molecule has 108 valence electrons. The Kier molecular flexibility index (Phi) is 2.04. The average molecular weight is 313 g/mol. The van der Waals surface area contributed by atoms with Crippen molar-refractivity contribution in [1.29, 1.82) is 0 Å². The Balaban J connectivity index is 1.68. The first-order valence-corrected chi connectivity index (χ1v) is 8.27. The molecule has 0 saturated heterocycles. The van der Waals surface area contributed by atoms with E-state index in [4.69, 9.17) is 13.6 Å². The third-order valence-corrected chi connectivity index (χ3v) is 6.04. The number of hydrogen-bond acceptors (Lipinski definition) is 5. The van der Waals surface area contributed by atoms with Crippen LogP contribution in [0.5, 0.6) is 28.7 Å². The molecule has 0 saturated carbocycles. The number of phenols is 2. The molecule has 2 heterocycles. The Bertz CT molecular complexity index is 951. The van der Waals surface area contributed by atoms with Crippen LogP contribution in [0.2, 0.25) is 0 Å². The van der Waals surface area contributed by atoms with Gasteiger partial charge in [0.05, 0.1) is 0 Å². The summed E-state index contributed by atoms with van der Waals surface area (Å²) in [5, 5.41) is 22.5.